The van der Waals surface area contributed by atoms with E-state index in [1.807, 2.05) is 25.1 Å². The van der Waals surface area contributed by atoms with Gasteiger partial charge in [-0.25, -0.2) is 9.59 Å². The molecule has 0 radical (unpaired) electrons. The maximum atomic E-state index is 11.7. The number of aliphatic hydroxyl groups is 6. The molecule has 16 heteroatoms. The fraction of sp³-hybridized carbons (Fsp3) is 0.562. The molecule has 2 aromatic carbocycles. The third-order valence-electron chi connectivity index (χ3n) is 8.66. The van der Waals surface area contributed by atoms with Crippen molar-refractivity contribution in [2.24, 2.45) is 11.8 Å². The Bertz CT molecular complexity index is 1420. The summed E-state index contributed by atoms with van der Waals surface area (Å²) in [5.41, 5.74) is 1.70. The van der Waals surface area contributed by atoms with Gasteiger partial charge in [-0.2, -0.15) is 0 Å². The van der Waals surface area contributed by atoms with Crippen LogP contribution in [0.2, 0.25) is 0 Å². The summed E-state index contributed by atoms with van der Waals surface area (Å²) in [6.07, 6.45) is -18.1. The van der Waals surface area contributed by atoms with E-state index in [0.717, 1.165) is 5.56 Å². The molecule has 2 unspecified atom stereocenters. The lowest BCUT2D eigenvalue weighted by molar-refractivity contribution is -0.276. The first kappa shape index (κ1) is 37.1. The van der Waals surface area contributed by atoms with Crippen molar-refractivity contribution in [1.29, 1.82) is 0 Å². The normalized spacial score (nSPS) is 31.7. The molecule has 12 atom stereocenters. The first-order valence-corrected chi connectivity index (χ1v) is 15.2. The summed E-state index contributed by atoms with van der Waals surface area (Å²) in [6.45, 7) is 4.10. The molecule has 2 saturated heterocycles. The first-order chi connectivity index (χ1) is 22.7. The molecule has 2 aliphatic heterocycles. The Hall–Kier alpha value is -3.74. The van der Waals surface area contributed by atoms with Crippen molar-refractivity contribution in [3.63, 3.8) is 0 Å². The minimum atomic E-state index is -1.97. The average molecular weight is 683 g/mol. The van der Waals surface area contributed by atoms with E-state index in [2.05, 4.69) is 6.92 Å². The standard InChI is InChI=1S/C32H42O16/c1-13(9-15-5-7-17(43-3)19(11-15)44-4)14(2)10-16-6-8-18(45-31-25(37)21(33)23(35)27(47-31)29(39)40)20(12-16)46-32-26(38)22(34)24(36)28(48-32)30(41)42/h5-8,11-14,21-28,31-38H,9-10H2,1-4H3,(H,39,40)(H,41,42)/t13?,14?,21-,22+,23-,24+,25+,26-,27-,28+,31+,32-/m0/s1. The molecule has 2 aliphatic rings. The van der Waals surface area contributed by atoms with E-state index in [0.29, 0.717) is 29.9 Å². The average Bonchev–Trinajstić information content (AvgIpc) is 3.05. The molecule has 0 aliphatic carbocycles. The summed E-state index contributed by atoms with van der Waals surface area (Å²) >= 11 is 0. The molecule has 2 aromatic rings. The molecule has 16 nitrogen and oxygen atoms in total. The van der Waals surface area contributed by atoms with Crippen molar-refractivity contribution in [3.8, 4) is 23.0 Å². The second kappa shape index (κ2) is 15.7. The third kappa shape index (κ3) is 8.10. The van der Waals surface area contributed by atoms with Crippen molar-refractivity contribution in [2.45, 2.75) is 88.1 Å². The van der Waals surface area contributed by atoms with Gasteiger partial charge in [0.1, 0.15) is 36.6 Å². The van der Waals surface area contributed by atoms with Crippen LogP contribution < -0.4 is 18.9 Å². The van der Waals surface area contributed by atoms with Crippen LogP contribution in [0.4, 0.5) is 0 Å². The Labute approximate surface area is 275 Å². The molecule has 2 fully saturated rings. The molecule has 0 spiro atoms. The lowest BCUT2D eigenvalue weighted by Gasteiger charge is -2.40. The summed E-state index contributed by atoms with van der Waals surface area (Å²) < 4.78 is 32.7. The van der Waals surface area contributed by atoms with Gasteiger partial charge in [0, 0.05) is 0 Å². The Morgan fingerprint density at radius 3 is 1.42 bits per heavy atom. The van der Waals surface area contributed by atoms with Gasteiger partial charge in [0.15, 0.2) is 35.2 Å². The molecule has 4 rings (SSSR count). The number of hydrogen-bond acceptors (Lipinski definition) is 14. The van der Waals surface area contributed by atoms with Crippen LogP contribution in [0.1, 0.15) is 25.0 Å². The van der Waals surface area contributed by atoms with Gasteiger partial charge in [-0.15, -0.1) is 0 Å². The van der Waals surface area contributed by atoms with E-state index in [1.54, 1.807) is 20.3 Å². The molecule has 0 saturated carbocycles. The maximum absolute atomic E-state index is 11.7. The first-order valence-electron chi connectivity index (χ1n) is 15.2. The van der Waals surface area contributed by atoms with Crippen LogP contribution in [0.3, 0.4) is 0 Å². The second-order valence-corrected chi connectivity index (χ2v) is 12.0. The molecule has 0 aromatic heterocycles. The molecule has 8 N–H and O–H groups in total. The Morgan fingerprint density at radius 2 is 1.00 bits per heavy atom. The van der Waals surface area contributed by atoms with Gasteiger partial charge in [0.05, 0.1) is 14.2 Å². The molecule has 2 heterocycles. The van der Waals surface area contributed by atoms with Crippen molar-refractivity contribution in [2.75, 3.05) is 14.2 Å². The fourth-order valence-corrected chi connectivity index (χ4v) is 5.57. The summed E-state index contributed by atoms with van der Waals surface area (Å²) in [5.74, 6) is -2.25. The van der Waals surface area contributed by atoms with Gasteiger partial charge in [0.25, 0.3) is 0 Å². The number of carboxylic acid groups (broad SMARTS) is 2. The number of methoxy groups -OCH3 is 2. The van der Waals surface area contributed by atoms with E-state index >= 15 is 0 Å². The van der Waals surface area contributed by atoms with Crippen molar-refractivity contribution in [1.82, 2.24) is 0 Å². The van der Waals surface area contributed by atoms with Gasteiger partial charge in [-0.05, 0) is 60.1 Å². The highest BCUT2D eigenvalue weighted by Crippen LogP contribution is 2.36. The molecule has 0 bridgehead atoms. The van der Waals surface area contributed by atoms with E-state index < -0.39 is 73.4 Å². The zero-order chi connectivity index (χ0) is 35.4. The summed E-state index contributed by atoms with van der Waals surface area (Å²) in [5, 5.41) is 80.6. The van der Waals surface area contributed by atoms with Gasteiger partial charge >= 0.3 is 11.9 Å². The number of hydrogen-bond donors (Lipinski definition) is 8. The van der Waals surface area contributed by atoms with Gasteiger partial charge < -0.3 is 69.3 Å². The van der Waals surface area contributed by atoms with Crippen LogP contribution in [0.5, 0.6) is 23.0 Å². The number of carbonyl (C=O) groups is 2. The van der Waals surface area contributed by atoms with Crippen LogP contribution in [0, 0.1) is 11.8 Å². The molecule has 0 amide bonds. The minimum absolute atomic E-state index is 0.0686. The van der Waals surface area contributed by atoms with Gasteiger partial charge in [-0.3, -0.25) is 0 Å². The van der Waals surface area contributed by atoms with Crippen LogP contribution in [0.25, 0.3) is 0 Å². The van der Waals surface area contributed by atoms with Crippen LogP contribution in [-0.2, 0) is 31.9 Å². The molecular formula is C32H42O16. The molecule has 48 heavy (non-hydrogen) atoms. The number of aliphatic hydroxyl groups excluding tert-OH is 6. The minimum Gasteiger partial charge on any atom is -0.493 e. The highest BCUT2D eigenvalue weighted by atomic mass is 16.7. The second-order valence-electron chi connectivity index (χ2n) is 12.0. The van der Waals surface area contributed by atoms with Crippen LogP contribution in [0.15, 0.2) is 36.4 Å². The Kier molecular flexibility index (Phi) is 12.1. The summed E-state index contributed by atoms with van der Waals surface area (Å²) in [4.78, 5) is 23.3. The smallest absolute Gasteiger partial charge is 0.335 e. The quantitative estimate of drug-likeness (QED) is 0.130. The van der Waals surface area contributed by atoms with Crippen molar-refractivity contribution >= 4 is 11.9 Å². The van der Waals surface area contributed by atoms with E-state index in [-0.39, 0.29) is 23.3 Å². The lowest BCUT2D eigenvalue weighted by atomic mass is 9.85. The monoisotopic (exact) mass is 682 g/mol. The van der Waals surface area contributed by atoms with Crippen LogP contribution >= 0.6 is 0 Å². The maximum Gasteiger partial charge on any atom is 0.335 e. The lowest BCUT2D eigenvalue weighted by Crippen LogP contribution is -2.61. The Balaban J connectivity index is 1.60. The van der Waals surface area contributed by atoms with Crippen molar-refractivity contribution in [3.05, 3.63) is 47.5 Å². The topological polar surface area (TPSA) is 251 Å². The van der Waals surface area contributed by atoms with E-state index in [9.17, 15) is 50.4 Å². The number of aliphatic carboxylic acids is 2. The predicted octanol–water partition coefficient (Wildman–Crippen LogP) is -0.697. The number of benzene rings is 2. The summed E-state index contributed by atoms with van der Waals surface area (Å²) in [7, 11) is 3.11. The molecule has 266 valence electrons. The fourth-order valence-electron chi connectivity index (χ4n) is 5.57. The van der Waals surface area contributed by atoms with Crippen molar-refractivity contribution < 1.29 is 78.9 Å². The third-order valence-corrected chi connectivity index (χ3v) is 8.66. The number of carboxylic acids is 2. The zero-order valence-corrected chi connectivity index (χ0v) is 26.7. The van der Waals surface area contributed by atoms with E-state index in [1.165, 1.54) is 12.1 Å². The largest absolute Gasteiger partial charge is 0.493 e. The van der Waals surface area contributed by atoms with Crippen LogP contribution in [-0.4, -0.2) is 128 Å². The predicted molar refractivity (Wildman–Crippen MR) is 162 cm³/mol. The van der Waals surface area contributed by atoms with E-state index in [4.69, 9.17) is 28.4 Å². The molecular weight excluding hydrogens is 640 g/mol. The number of ether oxygens (including phenoxy) is 6. The van der Waals surface area contributed by atoms with Gasteiger partial charge in [0.2, 0.25) is 12.6 Å². The highest BCUT2D eigenvalue weighted by Gasteiger charge is 2.50. The highest BCUT2D eigenvalue weighted by molar-refractivity contribution is 5.74. The zero-order valence-electron chi connectivity index (χ0n) is 26.7. The van der Waals surface area contributed by atoms with Gasteiger partial charge in [-0.1, -0.05) is 26.0 Å². The summed E-state index contributed by atoms with van der Waals surface area (Å²) in [6, 6.07) is 10.2. The SMILES string of the molecule is COc1ccc(CC(C)C(C)Cc2ccc(O[C@@H]3O[C@H](C(=O)O)[C@@H](O)[C@H](O)[C@H]3O)c(O[C@H]3O[C@@H](C(=O)O)[C@H](O)[C@@H](O)[C@@H]3O)c2)cc1OC. The number of rotatable bonds is 13. The Morgan fingerprint density at radius 1 is 0.604 bits per heavy atom.